The predicted molar refractivity (Wildman–Crippen MR) is 81.0 cm³/mol. The summed E-state index contributed by atoms with van der Waals surface area (Å²) in [6, 6.07) is 5.51. The molecule has 0 atom stereocenters. The van der Waals surface area contributed by atoms with E-state index in [1.807, 2.05) is 32.0 Å². The van der Waals surface area contributed by atoms with E-state index in [4.69, 9.17) is 15.2 Å². The average Bonchev–Trinajstić information content (AvgIpc) is 2.69. The summed E-state index contributed by atoms with van der Waals surface area (Å²) >= 11 is 1.15. The first-order chi connectivity index (χ1) is 9.51. The van der Waals surface area contributed by atoms with E-state index in [0.717, 1.165) is 17.3 Å². The highest BCUT2D eigenvalue weighted by Gasteiger charge is 2.21. The Morgan fingerprint density at radius 3 is 2.70 bits per heavy atom. The number of nitrogens with zero attached hydrogens (tertiary/aromatic N) is 1. The fourth-order valence-corrected chi connectivity index (χ4v) is 2.41. The lowest BCUT2D eigenvalue weighted by Gasteiger charge is -2.16. The van der Waals surface area contributed by atoms with Gasteiger partial charge in [0.2, 0.25) is 0 Å². The van der Waals surface area contributed by atoms with E-state index in [9.17, 15) is 4.79 Å². The Morgan fingerprint density at radius 1 is 1.40 bits per heavy atom. The van der Waals surface area contributed by atoms with Crippen LogP contribution in [0.2, 0.25) is 0 Å². The molecule has 1 heterocycles. The molecule has 1 amide bonds. The monoisotopic (exact) mass is 292 g/mol. The molecular formula is C14H16N2O3S. The molecule has 1 aromatic carbocycles. The second-order valence-corrected chi connectivity index (χ2v) is 5.47. The topological polar surface area (TPSA) is 73.9 Å². The zero-order chi connectivity index (χ0) is 14.7. The van der Waals surface area contributed by atoms with Crippen molar-refractivity contribution in [3.63, 3.8) is 0 Å². The van der Waals surface area contributed by atoms with Gasteiger partial charge in [-0.25, -0.2) is 0 Å². The number of carbonyl (C=O) groups excluding carboxylic acids is 1. The number of amides is 1. The smallest absolute Gasteiger partial charge is 0.286 e. The van der Waals surface area contributed by atoms with Crippen molar-refractivity contribution in [2.75, 3.05) is 7.11 Å². The van der Waals surface area contributed by atoms with Crippen molar-refractivity contribution in [1.29, 1.82) is 0 Å². The molecule has 5 nitrogen and oxygen atoms in total. The van der Waals surface area contributed by atoms with Gasteiger partial charge in [-0.05, 0) is 37.8 Å². The van der Waals surface area contributed by atoms with E-state index >= 15 is 0 Å². The van der Waals surface area contributed by atoms with E-state index < -0.39 is 0 Å². The first-order valence-corrected chi connectivity index (χ1v) is 6.94. The van der Waals surface area contributed by atoms with Gasteiger partial charge in [0.05, 0.1) is 18.1 Å². The molecule has 2 rings (SSSR count). The molecule has 0 radical (unpaired) electrons. The first kappa shape index (κ1) is 14.5. The van der Waals surface area contributed by atoms with E-state index in [0.29, 0.717) is 16.4 Å². The van der Waals surface area contributed by atoms with Crippen molar-refractivity contribution in [2.24, 2.45) is 10.7 Å². The van der Waals surface area contributed by atoms with Gasteiger partial charge in [-0.1, -0.05) is 12.1 Å². The lowest BCUT2D eigenvalue weighted by molar-refractivity contribution is -0.113. The molecule has 0 aliphatic carbocycles. The number of nitrogens with two attached hydrogens (primary N) is 1. The third kappa shape index (κ3) is 3.14. The maximum absolute atomic E-state index is 11.6. The molecule has 1 aliphatic heterocycles. The Labute approximate surface area is 121 Å². The van der Waals surface area contributed by atoms with Gasteiger partial charge in [-0.2, -0.15) is 4.99 Å². The van der Waals surface area contributed by atoms with Crippen LogP contribution in [-0.2, 0) is 4.79 Å². The summed E-state index contributed by atoms with van der Waals surface area (Å²) in [5, 5.41) is 0.260. The zero-order valence-electron chi connectivity index (χ0n) is 11.5. The highest BCUT2D eigenvalue weighted by Crippen LogP contribution is 2.35. The molecule has 0 bridgehead atoms. The first-order valence-electron chi connectivity index (χ1n) is 6.13. The summed E-state index contributed by atoms with van der Waals surface area (Å²) in [6.45, 7) is 3.86. The number of methoxy groups -OCH3 is 1. The molecule has 0 aromatic heterocycles. The van der Waals surface area contributed by atoms with Gasteiger partial charge >= 0.3 is 0 Å². The van der Waals surface area contributed by atoms with Crippen molar-refractivity contribution >= 4 is 28.9 Å². The summed E-state index contributed by atoms with van der Waals surface area (Å²) in [4.78, 5) is 15.8. The van der Waals surface area contributed by atoms with Crippen LogP contribution in [0.1, 0.15) is 19.4 Å². The second kappa shape index (κ2) is 6.00. The molecule has 2 N–H and O–H groups in total. The fourth-order valence-electron chi connectivity index (χ4n) is 1.74. The van der Waals surface area contributed by atoms with Crippen molar-refractivity contribution < 1.29 is 14.3 Å². The summed E-state index contributed by atoms with van der Waals surface area (Å²) in [5.74, 6) is 0.902. The molecule has 20 heavy (non-hydrogen) atoms. The van der Waals surface area contributed by atoms with Gasteiger partial charge in [-0.3, -0.25) is 4.79 Å². The molecule has 0 saturated heterocycles. The number of para-hydroxylation sites is 1. The number of hydrogen-bond donors (Lipinski definition) is 1. The maximum atomic E-state index is 11.6. The van der Waals surface area contributed by atoms with Crippen LogP contribution in [0, 0.1) is 0 Å². The van der Waals surface area contributed by atoms with Gasteiger partial charge in [0.1, 0.15) is 0 Å². The molecule has 0 fully saturated rings. The van der Waals surface area contributed by atoms with Gasteiger partial charge in [0, 0.05) is 5.56 Å². The summed E-state index contributed by atoms with van der Waals surface area (Å²) in [5.41, 5.74) is 6.30. The van der Waals surface area contributed by atoms with Crippen LogP contribution in [0.25, 0.3) is 6.08 Å². The highest BCUT2D eigenvalue weighted by molar-refractivity contribution is 8.18. The minimum Gasteiger partial charge on any atom is -0.493 e. The number of rotatable bonds is 4. The van der Waals surface area contributed by atoms with Crippen molar-refractivity contribution in [1.82, 2.24) is 0 Å². The van der Waals surface area contributed by atoms with Crippen LogP contribution in [0.15, 0.2) is 28.1 Å². The van der Waals surface area contributed by atoms with Gasteiger partial charge in [0.15, 0.2) is 16.7 Å². The minimum atomic E-state index is -0.328. The Bertz CT molecular complexity index is 594. The van der Waals surface area contributed by atoms with E-state index in [2.05, 4.69) is 4.99 Å². The summed E-state index contributed by atoms with van der Waals surface area (Å²) in [7, 11) is 1.58. The quantitative estimate of drug-likeness (QED) is 0.863. The Hall–Kier alpha value is -1.95. The summed E-state index contributed by atoms with van der Waals surface area (Å²) < 4.78 is 11.1. The Morgan fingerprint density at radius 2 is 2.15 bits per heavy atom. The average molecular weight is 292 g/mol. The lowest BCUT2D eigenvalue weighted by atomic mass is 10.1. The summed E-state index contributed by atoms with van der Waals surface area (Å²) in [6.07, 6.45) is 1.72. The largest absolute Gasteiger partial charge is 0.493 e. The van der Waals surface area contributed by atoms with E-state index in [1.54, 1.807) is 13.2 Å². The van der Waals surface area contributed by atoms with Crippen molar-refractivity contribution in [2.45, 2.75) is 20.0 Å². The SMILES string of the molecule is COc1cccc(C=C2SC(N)=NC2=O)c1OC(C)C. The Kier molecular flexibility index (Phi) is 4.34. The van der Waals surface area contributed by atoms with Crippen LogP contribution in [0.5, 0.6) is 11.5 Å². The number of benzene rings is 1. The van der Waals surface area contributed by atoms with Gasteiger partial charge < -0.3 is 15.2 Å². The molecule has 1 aromatic rings. The molecule has 0 unspecified atom stereocenters. The molecular weight excluding hydrogens is 276 g/mol. The normalized spacial score (nSPS) is 16.7. The Balaban J connectivity index is 2.41. The van der Waals surface area contributed by atoms with E-state index in [-0.39, 0.29) is 17.2 Å². The van der Waals surface area contributed by atoms with Crippen LogP contribution in [0.3, 0.4) is 0 Å². The number of carbonyl (C=O) groups is 1. The number of amidine groups is 1. The van der Waals surface area contributed by atoms with Crippen molar-refractivity contribution in [3.8, 4) is 11.5 Å². The number of thioether (sulfide) groups is 1. The number of hydrogen-bond acceptors (Lipinski definition) is 5. The predicted octanol–water partition coefficient (Wildman–Crippen LogP) is 2.41. The molecule has 106 valence electrons. The van der Waals surface area contributed by atoms with Crippen molar-refractivity contribution in [3.05, 3.63) is 28.7 Å². The second-order valence-electron chi connectivity index (χ2n) is 4.41. The number of aliphatic imine (C=N–C) groups is 1. The van der Waals surface area contributed by atoms with Gasteiger partial charge in [-0.15, -0.1) is 0 Å². The van der Waals surface area contributed by atoms with Crippen LogP contribution >= 0.6 is 11.8 Å². The fraction of sp³-hybridized carbons (Fsp3) is 0.286. The molecule has 0 saturated carbocycles. The number of ether oxygens (including phenoxy) is 2. The van der Waals surface area contributed by atoms with Gasteiger partial charge in [0.25, 0.3) is 5.91 Å². The van der Waals surface area contributed by atoms with Crippen LogP contribution in [-0.4, -0.2) is 24.3 Å². The standard InChI is InChI=1S/C14H16N2O3S/c1-8(2)19-12-9(5-4-6-10(12)18-3)7-11-13(17)16-14(15)20-11/h4-8H,1-3H3,(H2,15,16,17). The highest BCUT2D eigenvalue weighted by atomic mass is 32.2. The third-order valence-corrected chi connectivity index (χ3v) is 3.32. The molecule has 1 aliphatic rings. The maximum Gasteiger partial charge on any atom is 0.286 e. The molecule has 6 heteroatoms. The zero-order valence-corrected chi connectivity index (χ0v) is 12.4. The van der Waals surface area contributed by atoms with Crippen LogP contribution < -0.4 is 15.2 Å². The lowest BCUT2D eigenvalue weighted by Crippen LogP contribution is -2.08. The third-order valence-electron chi connectivity index (χ3n) is 2.51. The molecule has 0 spiro atoms. The van der Waals surface area contributed by atoms with Crippen LogP contribution in [0.4, 0.5) is 0 Å². The van der Waals surface area contributed by atoms with E-state index in [1.165, 1.54) is 0 Å². The minimum absolute atomic E-state index is 0.00305.